The fourth-order valence-corrected chi connectivity index (χ4v) is 2.34. The molecule has 0 aromatic heterocycles. The molecule has 0 saturated heterocycles. The van der Waals surface area contributed by atoms with Crippen LogP contribution in [-0.2, 0) is 0 Å². The summed E-state index contributed by atoms with van der Waals surface area (Å²) >= 11 is 3.23. The van der Waals surface area contributed by atoms with Crippen molar-refractivity contribution in [3.05, 3.63) is 69.7 Å². The molecule has 0 bridgehead atoms. The third-order valence-electron chi connectivity index (χ3n) is 2.91. The molecule has 2 aromatic rings. The lowest BCUT2D eigenvalue weighted by Crippen LogP contribution is -2.22. The van der Waals surface area contributed by atoms with Gasteiger partial charge in [-0.3, -0.25) is 0 Å². The quantitative estimate of drug-likeness (QED) is 0.687. The summed E-state index contributed by atoms with van der Waals surface area (Å²) in [5.41, 5.74) is 1.35. The Hall–Kier alpha value is -1.29. The van der Waals surface area contributed by atoms with Crippen LogP contribution < -0.4 is 0 Å². The summed E-state index contributed by atoms with van der Waals surface area (Å²) in [4.78, 5) is 0. The molecule has 0 spiro atoms. The first kappa shape index (κ1) is 14.1. The highest BCUT2D eigenvalue weighted by atomic mass is 79.9. The molecule has 2 rings (SSSR count). The highest BCUT2D eigenvalue weighted by Crippen LogP contribution is 2.40. The maximum Gasteiger partial charge on any atom is 0.399 e. The lowest BCUT2D eigenvalue weighted by molar-refractivity contribution is -0.141. The Morgan fingerprint density at radius 2 is 1.58 bits per heavy atom. The average molecular weight is 329 g/mol. The maximum atomic E-state index is 13.3. The predicted octanol–water partition coefficient (Wildman–Crippen LogP) is 5.45. The van der Waals surface area contributed by atoms with Gasteiger partial charge in [-0.1, -0.05) is 57.9 Å². The largest absolute Gasteiger partial charge is 0.399 e. The molecule has 2 aromatic carbocycles. The van der Waals surface area contributed by atoms with Crippen LogP contribution in [0.5, 0.6) is 0 Å². The second-order valence-electron chi connectivity index (χ2n) is 4.44. The van der Waals surface area contributed by atoms with E-state index >= 15 is 0 Å². The zero-order chi connectivity index (χ0) is 14.0. The first-order valence-corrected chi connectivity index (χ1v) is 6.56. The predicted molar refractivity (Wildman–Crippen MR) is 73.2 cm³/mol. The van der Waals surface area contributed by atoms with Crippen molar-refractivity contribution < 1.29 is 13.2 Å². The third-order valence-corrected chi connectivity index (χ3v) is 3.43. The lowest BCUT2D eigenvalue weighted by Gasteiger charge is -2.21. The van der Waals surface area contributed by atoms with Gasteiger partial charge in [-0.25, -0.2) is 0 Å². The highest BCUT2D eigenvalue weighted by Gasteiger charge is 2.41. The minimum Gasteiger partial charge on any atom is -0.170 e. The number of rotatable bonds is 2. The number of benzene rings is 2. The standard InChI is InChI=1S/C15H12BrF3/c1-10-3-2-4-12(9-10)14(15(17,18)19)11-5-7-13(16)8-6-11/h2-9,14H,1H3. The number of aryl methyl sites for hydroxylation is 1. The van der Waals surface area contributed by atoms with Crippen LogP contribution in [0.3, 0.4) is 0 Å². The Balaban J connectivity index is 2.51. The Morgan fingerprint density at radius 1 is 0.947 bits per heavy atom. The van der Waals surface area contributed by atoms with E-state index in [1.807, 2.05) is 0 Å². The van der Waals surface area contributed by atoms with Gasteiger partial charge in [0.15, 0.2) is 0 Å². The van der Waals surface area contributed by atoms with Crippen LogP contribution in [0, 0.1) is 6.92 Å². The van der Waals surface area contributed by atoms with Crippen LogP contribution in [0.1, 0.15) is 22.6 Å². The number of alkyl halides is 3. The SMILES string of the molecule is Cc1cccc(C(c2ccc(Br)cc2)C(F)(F)F)c1. The molecule has 0 fully saturated rings. The van der Waals surface area contributed by atoms with Gasteiger partial charge in [-0.2, -0.15) is 13.2 Å². The van der Waals surface area contributed by atoms with Crippen LogP contribution >= 0.6 is 15.9 Å². The van der Waals surface area contributed by atoms with Crippen LogP contribution in [0.15, 0.2) is 53.0 Å². The van der Waals surface area contributed by atoms with Crippen molar-refractivity contribution in [1.29, 1.82) is 0 Å². The van der Waals surface area contributed by atoms with Crippen molar-refractivity contribution in [2.45, 2.75) is 19.0 Å². The molecule has 0 aliphatic rings. The third kappa shape index (κ3) is 3.38. The Kier molecular flexibility index (Phi) is 3.99. The molecule has 1 atom stereocenters. The molecule has 0 heterocycles. The summed E-state index contributed by atoms with van der Waals surface area (Å²) in [5, 5.41) is 0. The molecular formula is C15H12BrF3. The van der Waals surface area contributed by atoms with E-state index in [1.165, 1.54) is 18.2 Å². The molecular weight excluding hydrogens is 317 g/mol. The molecule has 0 radical (unpaired) electrons. The molecule has 0 aliphatic carbocycles. The molecule has 0 N–H and O–H groups in total. The molecule has 4 heteroatoms. The molecule has 0 aliphatic heterocycles. The fourth-order valence-electron chi connectivity index (χ4n) is 2.08. The van der Waals surface area contributed by atoms with Crippen molar-refractivity contribution in [2.24, 2.45) is 0 Å². The van der Waals surface area contributed by atoms with Crippen LogP contribution in [0.4, 0.5) is 13.2 Å². The summed E-state index contributed by atoms with van der Waals surface area (Å²) in [6.07, 6.45) is -4.30. The van der Waals surface area contributed by atoms with E-state index in [0.29, 0.717) is 0 Å². The molecule has 0 nitrogen and oxygen atoms in total. The molecule has 0 amide bonds. The van der Waals surface area contributed by atoms with Gasteiger partial charge in [-0.15, -0.1) is 0 Å². The normalized spacial score (nSPS) is 13.3. The molecule has 0 saturated carbocycles. The van der Waals surface area contributed by atoms with Gasteiger partial charge in [0.05, 0.1) is 0 Å². The van der Waals surface area contributed by atoms with E-state index < -0.39 is 12.1 Å². The van der Waals surface area contributed by atoms with Crippen LogP contribution in [0.2, 0.25) is 0 Å². The van der Waals surface area contributed by atoms with Crippen molar-refractivity contribution >= 4 is 15.9 Å². The van der Waals surface area contributed by atoms with E-state index in [1.54, 1.807) is 37.3 Å². The smallest absolute Gasteiger partial charge is 0.170 e. The second kappa shape index (κ2) is 5.37. The summed E-state index contributed by atoms with van der Waals surface area (Å²) in [5.74, 6) is -1.58. The van der Waals surface area contributed by atoms with Gasteiger partial charge >= 0.3 is 6.18 Å². The summed E-state index contributed by atoms with van der Waals surface area (Å²) < 4.78 is 40.7. The van der Waals surface area contributed by atoms with E-state index in [-0.39, 0.29) is 11.1 Å². The molecule has 19 heavy (non-hydrogen) atoms. The second-order valence-corrected chi connectivity index (χ2v) is 5.36. The fraction of sp³-hybridized carbons (Fsp3) is 0.200. The van der Waals surface area contributed by atoms with Crippen molar-refractivity contribution in [3.63, 3.8) is 0 Å². The van der Waals surface area contributed by atoms with Crippen molar-refractivity contribution in [3.8, 4) is 0 Å². The summed E-state index contributed by atoms with van der Waals surface area (Å²) in [6, 6.07) is 12.8. The highest BCUT2D eigenvalue weighted by molar-refractivity contribution is 9.10. The Labute approximate surface area is 118 Å². The van der Waals surface area contributed by atoms with E-state index in [2.05, 4.69) is 15.9 Å². The summed E-state index contributed by atoms with van der Waals surface area (Å²) in [6.45, 7) is 1.79. The maximum absolute atomic E-state index is 13.3. The van der Waals surface area contributed by atoms with Gasteiger partial charge in [0.25, 0.3) is 0 Å². The van der Waals surface area contributed by atoms with Crippen molar-refractivity contribution in [1.82, 2.24) is 0 Å². The zero-order valence-electron chi connectivity index (χ0n) is 10.2. The van der Waals surface area contributed by atoms with E-state index in [9.17, 15) is 13.2 Å². The van der Waals surface area contributed by atoms with Gasteiger partial charge < -0.3 is 0 Å². The minimum absolute atomic E-state index is 0.251. The lowest BCUT2D eigenvalue weighted by atomic mass is 9.90. The van der Waals surface area contributed by atoms with Crippen LogP contribution in [0.25, 0.3) is 0 Å². The van der Waals surface area contributed by atoms with Gasteiger partial charge in [0, 0.05) is 4.47 Å². The van der Waals surface area contributed by atoms with Crippen molar-refractivity contribution in [2.75, 3.05) is 0 Å². The monoisotopic (exact) mass is 328 g/mol. The minimum atomic E-state index is -4.30. The topological polar surface area (TPSA) is 0 Å². The molecule has 1 unspecified atom stereocenters. The van der Waals surface area contributed by atoms with E-state index in [4.69, 9.17) is 0 Å². The van der Waals surface area contributed by atoms with Gasteiger partial charge in [0.2, 0.25) is 0 Å². The zero-order valence-corrected chi connectivity index (χ0v) is 11.8. The first-order valence-electron chi connectivity index (χ1n) is 5.76. The Bertz CT molecular complexity index is 558. The first-order chi connectivity index (χ1) is 8.88. The van der Waals surface area contributed by atoms with Crippen LogP contribution in [-0.4, -0.2) is 6.18 Å². The average Bonchev–Trinajstić information content (AvgIpc) is 2.30. The van der Waals surface area contributed by atoms with Gasteiger partial charge in [0.1, 0.15) is 5.92 Å². The number of hydrogen-bond acceptors (Lipinski definition) is 0. The molecule has 100 valence electrons. The number of hydrogen-bond donors (Lipinski definition) is 0. The summed E-state index contributed by atoms with van der Waals surface area (Å²) in [7, 11) is 0. The van der Waals surface area contributed by atoms with E-state index in [0.717, 1.165) is 10.0 Å². The number of halogens is 4. The Morgan fingerprint density at radius 3 is 2.11 bits per heavy atom. The van der Waals surface area contributed by atoms with Gasteiger partial charge in [-0.05, 0) is 30.2 Å².